The van der Waals surface area contributed by atoms with Crippen LogP contribution in [0.5, 0.6) is 0 Å². The molecule has 26 heteroatoms. The third-order valence-electron chi connectivity index (χ3n) is 5.52. The van der Waals surface area contributed by atoms with Crippen LogP contribution in [-0.2, 0) is 36.3 Å². The number of hydrogen-bond donors (Lipinski definition) is 6. The molecule has 3 aromatic rings. The summed E-state index contributed by atoms with van der Waals surface area (Å²) in [6.45, 7) is 0.702. The van der Waals surface area contributed by atoms with E-state index in [1.165, 1.54) is 26.2 Å². The number of pyridine rings is 1. The van der Waals surface area contributed by atoms with Crippen LogP contribution in [0.15, 0.2) is 40.5 Å². The highest BCUT2D eigenvalue weighted by atomic mass is 33.1. The average molecular weight is 734 g/mol. The Labute approximate surface area is 259 Å². The molecule has 0 radical (unpaired) electrons. The molecule has 4 rings (SSSR count). The first-order valence-electron chi connectivity index (χ1n) is 12.2. The maximum atomic E-state index is 13.1. The van der Waals surface area contributed by atoms with Crippen LogP contribution >= 0.6 is 45.1 Å². The number of carbonyl (C=O) groups is 1. The number of ether oxygens (including phenoxy) is 2. The largest absolute Gasteiger partial charge is 0.490 e. The lowest BCUT2D eigenvalue weighted by Crippen LogP contribution is -2.33. The van der Waals surface area contributed by atoms with Gasteiger partial charge in [-0.15, -0.1) is 0 Å². The van der Waals surface area contributed by atoms with E-state index in [9.17, 15) is 38.2 Å². The number of carbonyl (C=O) groups excluding carboxylic acids is 1. The van der Waals surface area contributed by atoms with Crippen LogP contribution in [-0.4, -0.2) is 85.5 Å². The van der Waals surface area contributed by atoms with E-state index in [4.69, 9.17) is 25.0 Å². The van der Waals surface area contributed by atoms with Gasteiger partial charge in [0.15, 0.2) is 11.2 Å². The fourth-order valence-corrected chi connectivity index (χ4v) is 8.88. The molecule has 1 aliphatic rings. The van der Waals surface area contributed by atoms with E-state index in [0.29, 0.717) is 10.3 Å². The standard InChI is InChI=1S/C19H25N6O15P3S2/c1-10(8-44-45-13-4-2-3-5-21-13)37-19(28)25-17(27)15-16(23-18(25)20)24(9-22-15)14-6-11(26)12(38-14)7-36-42(32,33)40-43(34,35)39-41(29,30)31/h2-5,9-12,14,26H,6-8H2,1H3,(H2,20,23)(H,32,33)(H,34,35)(H2,29,30,31). The number of aliphatic hydroxyl groups is 1. The second-order valence-corrected chi connectivity index (χ2v) is 15.8. The summed E-state index contributed by atoms with van der Waals surface area (Å²) in [6.07, 6.45) is -2.99. The monoisotopic (exact) mass is 734 g/mol. The lowest BCUT2D eigenvalue weighted by atomic mass is 10.2. The van der Waals surface area contributed by atoms with E-state index in [-0.39, 0.29) is 17.6 Å². The van der Waals surface area contributed by atoms with E-state index < -0.39 is 72.2 Å². The van der Waals surface area contributed by atoms with Crippen LogP contribution in [0.3, 0.4) is 0 Å². The molecule has 0 amide bonds. The van der Waals surface area contributed by atoms with Gasteiger partial charge < -0.3 is 39.9 Å². The number of anilines is 1. The lowest BCUT2D eigenvalue weighted by Gasteiger charge is -2.19. The number of hydrogen-bond acceptors (Lipinski definition) is 17. The van der Waals surface area contributed by atoms with Crippen molar-refractivity contribution >= 4 is 68.3 Å². The third kappa shape index (κ3) is 9.66. The lowest BCUT2D eigenvalue weighted by molar-refractivity contribution is -0.0423. The highest BCUT2D eigenvalue weighted by Crippen LogP contribution is 2.66. The number of nitrogens with zero attached hydrogens (tertiary/aromatic N) is 5. The highest BCUT2D eigenvalue weighted by Gasteiger charge is 2.43. The number of imidazole rings is 1. The first-order chi connectivity index (χ1) is 20.9. The second-order valence-electron chi connectivity index (χ2n) is 8.98. The fourth-order valence-electron chi connectivity index (χ4n) is 3.72. The zero-order valence-electron chi connectivity index (χ0n) is 22.6. The number of nitrogen functional groups attached to an aromatic ring is 1. The fraction of sp³-hybridized carbons (Fsp3) is 0.421. The molecule has 6 atom stereocenters. The van der Waals surface area contributed by atoms with Crippen molar-refractivity contribution in [3.63, 3.8) is 0 Å². The maximum absolute atomic E-state index is 13.1. The van der Waals surface area contributed by atoms with Crippen molar-refractivity contribution in [1.82, 2.24) is 24.1 Å². The molecule has 248 valence electrons. The predicted molar refractivity (Wildman–Crippen MR) is 154 cm³/mol. The molecule has 7 N–H and O–H groups in total. The van der Waals surface area contributed by atoms with Gasteiger partial charge in [-0.3, -0.25) is 13.9 Å². The number of nitrogens with two attached hydrogens (primary N) is 1. The van der Waals surface area contributed by atoms with Gasteiger partial charge in [-0.1, -0.05) is 16.9 Å². The molecule has 1 fully saturated rings. The number of phosphoric acid groups is 3. The number of fused-ring (bicyclic) bond motifs is 1. The molecule has 0 aromatic carbocycles. The number of rotatable bonds is 13. The van der Waals surface area contributed by atoms with Gasteiger partial charge in [0, 0.05) is 18.4 Å². The Morgan fingerprint density at radius 1 is 1.18 bits per heavy atom. The van der Waals surface area contributed by atoms with Crippen LogP contribution in [0, 0.1) is 0 Å². The van der Waals surface area contributed by atoms with Crippen LogP contribution in [0.1, 0.15) is 19.6 Å². The Morgan fingerprint density at radius 2 is 1.91 bits per heavy atom. The van der Waals surface area contributed by atoms with Gasteiger partial charge in [0.25, 0.3) is 5.56 Å². The smallest absolute Gasteiger partial charge is 0.445 e. The van der Waals surface area contributed by atoms with Crippen LogP contribution in [0.4, 0.5) is 10.7 Å². The van der Waals surface area contributed by atoms with Crippen molar-refractivity contribution in [1.29, 1.82) is 0 Å². The van der Waals surface area contributed by atoms with Crippen LogP contribution < -0.4 is 11.3 Å². The number of aromatic nitrogens is 5. The minimum Gasteiger partial charge on any atom is -0.445 e. The minimum absolute atomic E-state index is 0.136. The summed E-state index contributed by atoms with van der Waals surface area (Å²) >= 11 is 0. The van der Waals surface area contributed by atoms with Crippen molar-refractivity contribution in [2.24, 2.45) is 0 Å². The zero-order chi connectivity index (χ0) is 33.2. The SMILES string of the molecule is CC(CSSc1ccccn1)OC(=O)n1c(N)nc2c(ncn2C2CC(O)C(COP(=O)(O)OP(=O)(O)OP(=O)(O)O)O2)c1=O. The molecule has 4 heterocycles. The molecule has 6 unspecified atom stereocenters. The zero-order valence-corrected chi connectivity index (χ0v) is 26.9. The van der Waals surface area contributed by atoms with E-state index in [0.717, 1.165) is 11.4 Å². The van der Waals surface area contributed by atoms with Crippen molar-refractivity contribution in [2.45, 2.75) is 42.9 Å². The van der Waals surface area contributed by atoms with E-state index in [2.05, 4.69) is 28.1 Å². The van der Waals surface area contributed by atoms with Gasteiger partial charge in [-0.2, -0.15) is 18.2 Å². The van der Waals surface area contributed by atoms with E-state index in [1.807, 2.05) is 12.1 Å². The van der Waals surface area contributed by atoms with Gasteiger partial charge in [0.2, 0.25) is 5.95 Å². The first-order valence-corrected chi connectivity index (χ1v) is 19.1. The number of phosphoric ester groups is 1. The maximum Gasteiger partial charge on any atom is 0.490 e. The quantitative estimate of drug-likeness (QED) is 0.107. The molecule has 0 bridgehead atoms. The molecule has 21 nitrogen and oxygen atoms in total. The molecule has 3 aromatic heterocycles. The van der Waals surface area contributed by atoms with Gasteiger partial charge in [0.05, 0.1) is 19.0 Å². The minimum atomic E-state index is -5.74. The van der Waals surface area contributed by atoms with Crippen molar-refractivity contribution in [3.8, 4) is 0 Å². The Bertz CT molecular complexity index is 1740. The average Bonchev–Trinajstić information content (AvgIpc) is 3.49. The van der Waals surface area contributed by atoms with Crippen molar-refractivity contribution in [2.75, 3.05) is 18.1 Å². The summed E-state index contributed by atoms with van der Waals surface area (Å²) in [5.74, 6) is -0.180. The summed E-state index contributed by atoms with van der Waals surface area (Å²) in [5.41, 5.74) is 4.52. The molecular formula is C19H25N6O15P3S2. The molecule has 0 spiro atoms. The van der Waals surface area contributed by atoms with E-state index in [1.54, 1.807) is 19.2 Å². The molecule has 1 aliphatic heterocycles. The first kappa shape index (κ1) is 35.7. The third-order valence-corrected chi connectivity index (χ3v) is 11.7. The second kappa shape index (κ2) is 14.3. The summed E-state index contributed by atoms with van der Waals surface area (Å²) in [7, 11) is -14.0. The molecular weight excluding hydrogens is 709 g/mol. The number of aliphatic hydroxyl groups excluding tert-OH is 1. The van der Waals surface area contributed by atoms with Gasteiger partial charge in [-0.25, -0.2) is 28.5 Å². The normalized spacial score (nSPS) is 22.1. The Morgan fingerprint density at radius 3 is 2.58 bits per heavy atom. The molecule has 0 aliphatic carbocycles. The molecule has 45 heavy (non-hydrogen) atoms. The van der Waals surface area contributed by atoms with Gasteiger partial charge in [0.1, 0.15) is 23.5 Å². The van der Waals surface area contributed by atoms with E-state index >= 15 is 0 Å². The predicted octanol–water partition coefficient (Wildman–Crippen LogP) is 1.38. The van der Waals surface area contributed by atoms with Crippen molar-refractivity contribution in [3.05, 3.63) is 41.1 Å². The summed E-state index contributed by atoms with van der Waals surface area (Å²) in [5, 5.41) is 11.1. The van der Waals surface area contributed by atoms with Gasteiger partial charge in [-0.05, 0) is 29.9 Å². The molecule has 1 saturated heterocycles. The Hall–Kier alpha value is -2.20. The van der Waals surface area contributed by atoms with Gasteiger partial charge >= 0.3 is 29.6 Å². The summed E-state index contributed by atoms with van der Waals surface area (Å²) < 4.78 is 58.6. The van der Waals surface area contributed by atoms with Crippen LogP contribution in [0.25, 0.3) is 11.2 Å². The Balaban J connectivity index is 1.39. The van der Waals surface area contributed by atoms with Crippen molar-refractivity contribution < 1.29 is 65.8 Å². The van der Waals surface area contributed by atoms with Crippen LogP contribution in [0.2, 0.25) is 0 Å². The molecule has 0 saturated carbocycles. The Kier molecular flexibility index (Phi) is 11.3. The summed E-state index contributed by atoms with van der Waals surface area (Å²) in [6, 6.07) is 5.42. The highest BCUT2D eigenvalue weighted by molar-refractivity contribution is 8.76. The topological polar surface area (TPSA) is 307 Å². The summed E-state index contributed by atoms with van der Waals surface area (Å²) in [4.78, 5) is 74.2.